The molecule has 1 aromatic carbocycles. The number of hydrogen-bond donors (Lipinski definition) is 1. The number of para-hydroxylation sites is 2. The summed E-state index contributed by atoms with van der Waals surface area (Å²) in [5, 5.41) is 7.24. The number of carbonyl (C=O) groups excluding carboxylic acids is 1. The van der Waals surface area contributed by atoms with Gasteiger partial charge in [0.25, 0.3) is 5.91 Å². The van der Waals surface area contributed by atoms with Crippen molar-refractivity contribution in [3.8, 4) is 0 Å². The van der Waals surface area contributed by atoms with Crippen LogP contribution in [0.2, 0.25) is 0 Å². The average Bonchev–Trinajstić information content (AvgIpc) is 3.17. The maximum atomic E-state index is 12.4. The molecule has 118 valence electrons. The quantitative estimate of drug-likeness (QED) is 0.807. The number of benzene rings is 1. The predicted octanol–water partition coefficient (Wildman–Crippen LogP) is 2.85. The zero-order valence-corrected chi connectivity index (χ0v) is 13.0. The van der Waals surface area contributed by atoms with Crippen LogP contribution in [0.15, 0.2) is 34.9 Å². The number of aromatic nitrogens is 3. The summed E-state index contributed by atoms with van der Waals surface area (Å²) >= 11 is 0. The van der Waals surface area contributed by atoms with Crippen molar-refractivity contribution in [1.29, 1.82) is 0 Å². The van der Waals surface area contributed by atoms with Gasteiger partial charge in [-0.3, -0.25) is 9.48 Å². The van der Waals surface area contributed by atoms with Gasteiger partial charge in [0.15, 0.2) is 5.58 Å². The van der Waals surface area contributed by atoms with Gasteiger partial charge in [-0.2, -0.15) is 5.10 Å². The summed E-state index contributed by atoms with van der Waals surface area (Å²) in [6, 6.07) is 7.92. The molecule has 0 aliphatic carbocycles. The van der Waals surface area contributed by atoms with Crippen molar-refractivity contribution in [1.82, 2.24) is 20.1 Å². The van der Waals surface area contributed by atoms with Crippen molar-refractivity contribution in [2.75, 3.05) is 0 Å². The summed E-state index contributed by atoms with van der Waals surface area (Å²) < 4.78 is 7.59. The van der Waals surface area contributed by atoms with E-state index in [1.807, 2.05) is 28.9 Å². The minimum absolute atomic E-state index is 0.123. The molecule has 0 saturated carbocycles. The highest BCUT2D eigenvalue weighted by atomic mass is 16.3. The number of nitrogens with one attached hydrogen (secondary N) is 1. The Morgan fingerprint density at radius 1 is 1.43 bits per heavy atom. The Labute approximate surface area is 133 Å². The standard InChI is InChI=1S/C17H18N4O2/c1-11-5-4-7-14-12(9-19-21(11)14)17(22)18-10-16-20-13-6-2-3-8-15(13)23-16/h2-3,6,8-9,11H,4-5,7,10H2,1H3,(H,18,22). The largest absolute Gasteiger partial charge is 0.439 e. The van der Waals surface area contributed by atoms with Gasteiger partial charge in [0.05, 0.1) is 24.0 Å². The summed E-state index contributed by atoms with van der Waals surface area (Å²) in [6.45, 7) is 2.41. The number of nitrogens with zero attached hydrogens (tertiary/aromatic N) is 3. The minimum Gasteiger partial charge on any atom is -0.439 e. The molecule has 3 aromatic rings. The van der Waals surface area contributed by atoms with Gasteiger partial charge >= 0.3 is 0 Å². The maximum absolute atomic E-state index is 12.4. The molecule has 6 heteroatoms. The number of amides is 1. The van der Waals surface area contributed by atoms with Crippen LogP contribution in [0, 0.1) is 0 Å². The van der Waals surface area contributed by atoms with E-state index in [0.29, 0.717) is 17.5 Å². The summed E-state index contributed by atoms with van der Waals surface area (Å²) in [5.74, 6) is 0.386. The molecule has 1 N–H and O–H groups in total. The number of hydrogen-bond acceptors (Lipinski definition) is 4. The number of fused-ring (bicyclic) bond motifs is 2. The molecule has 0 radical (unpaired) electrons. The second kappa shape index (κ2) is 5.53. The minimum atomic E-state index is -0.123. The Bertz CT molecular complexity index is 831. The van der Waals surface area contributed by atoms with E-state index >= 15 is 0 Å². The summed E-state index contributed by atoms with van der Waals surface area (Å²) in [4.78, 5) is 16.8. The Balaban J connectivity index is 1.50. The number of carbonyl (C=O) groups is 1. The van der Waals surface area contributed by atoms with Crippen LogP contribution in [0.1, 0.15) is 47.7 Å². The van der Waals surface area contributed by atoms with E-state index in [-0.39, 0.29) is 12.5 Å². The second-order valence-corrected chi connectivity index (χ2v) is 5.95. The first kappa shape index (κ1) is 14.0. The third-order valence-corrected chi connectivity index (χ3v) is 4.33. The van der Waals surface area contributed by atoms with Crippen LogP contribution in [0.3, 0.4) is 0 Å². The second-order valence-electron chi connectivity index (χ2n) is 5.95. The van der Waals surface area contributed by atoms with Crippen molar-refractivity contribution >= 4 is 17.0 Å². The number of oxazole rings is 1. The molecule has 0 bridgehead atoms. The normalized spacial score (nSPS) is 17.2. The SMILES string of the molecule is CC1CCCc2c(C(=O)NCc3nc4ccccc4o3)cnn21. The van der Waals surface area contributed by atoms with E-state index in [2.05, 4.69) is 22.3 Å². The highest BCUT2D eigenvalue weighted by Crippen LogP contribution is 2.25. The van der Waals surface area contributed by atoms with E-state index in [9.17, 15) is 4.79 Å². The molecule has 1 amide bonds. The van der Waals surface area contributed by atoms with Crippen molar-refractivity contribution in [2.45, 2.75) is 38.8 Å². The van der Waals surface area contributed by atoms with Gasteiger partial charge in [0.1, 0.15) is 5.52 Å². The molecule has 1 unspecified atom stereocenters. The van der Waals surface area contributed by atoms with Gasteiger partial charge in [0, 0.05) is 6.04 Å². The van der Waals surface area contributed by atoms with E-state index in [4.69, 9.17) is 4.42 Å². The van der Waals surface area contributed by atoms with E-state index < -0.39 is 0 Å². The van der Waals surface area contributed by atoms with Gasteiger partial charge in [-0.15, -0.1) is 0 Å². The molecule has 23 heavy (non-hydrogen) atoms. The van der Waals surface area contributed by atoms with Crippen molar-refractivity contribution in [2.24, 2.45) is 0 Å². The fourth-order valence-corrected chi connectivity index (χ4v) is 3.14. The predicted molar refractivity (Wildman–Crippen MR) is 85.1 cm³/mol. The first-order valence-electron chi connectivity index (χ1n) is 7.91. The summed E-state index contributed by atoms with van der Waals surface area (Å²) in [7, 11) is 0. The lowest BCUT2D eigenvalue weighted by molar-refractivity contribution is 0.0946. The lowest BCUT2D eigenvalue weighted by Gasteiger charge is -2.21. The number of rotatable bonds is 3. The molecule has 3 heterocycles. The first-order chi connectivity index (χ1) is 11.2. The fourth-order valence-electron chi connectivity index (χ4n) is 3.14. The fraction of sp³-hybridized carbons (Fsp3) is 0.353. The van der Waals surface area contributed by atoms with Crippen molar-refractivity contribution < 1.29 is 9.21 Å². The van der Waals surface area contributed by atoms with Crippen LogP contribution in [-0.4, -0.2) is 20.7 Å². The zero-order valence-electron chi connectivity index (χ0n) is 13.0. The topological polar surface area (TPSA) is 73.0 Å². The van der Waals surface area contributed by atoms with Crippen LogP contribution in [0.5, 0.6) is 0 Å². The molecule has 2 aromatic heterocycles. The molecule has 1 aliphatic heterocycles. The Morgan fingerprint density at radius 2 is 2.30 bits per heavy atom. The highest BCUT2D eigenvalue weighted by Gasteiger charge is 2.23. The molecule has 0 spiro atoms. The smallest absolute Gasteiger partial charge is 0.255 e. The summed E-state index contributed by atoms with van der Waals surface area (Å²) in [6.07, 6.45) is 4.77. The Morgan fingerprint density at radius 3 is 3.17 bits per heavy atom. The monoisotopic (exact) mass is 310 g/mol. The zero-order chi connectivity index (χ0) is 15.8. The van der Waals surface area contributed by atoms with Gasteiger partial charge in [-0.25, -0.2) is 4.98 Å². The van der Waals surface area contributed by atoms with Crippen molar-refractivity contribution in [3.05, 3.63) is 47.6 Å². The highest BCUT2D eigenvalue weighted by molar-refractivity contribution is 5.95. The van der Waals surface area contributed by atoms with E-state index in [1.54, 1.807) is 6.20 Å². The van der Waals surface area contributed by atoms with Crippen LogP contribution in [-0.2, 0) is 13.0 Å². The maximum Gasteiger partial charge on any atom is 0.255 e. The molecule has 4 rings (SSSR count). The lowest BCUT2D eigenvalue weighted by Crippen LogP contribution is -2.25. The lowest BCUT2D eigenvalue weighted by atomic mass is 10.0. The summed E-state index contributed by atoms with van der Waals surface area (Å²) in [5.41, 5.74) is 3.22. The Kier molecular flexibility index (Phi) is 3.37. The van der Waals surface area contributed by atoms with Crippen LogP contribution in [0.4, 0.5) is 0 Å². The van der Waals surface area contributed by atoms with Gasteiger partial charge in [0.2, 0.25) is 5.89 Å². The molecule has 0 fully saturated rings. The molecular formula is C17H18N4O2. The van der Waals surface area contributed by atoms with Gasteiger partial charge < -0.3 is 9.73 Å². The third kappa shape index (κ3) is 2.50. The molecule has 6 nitrogen and oxygen atoms in total. The van der Waals surface area contributed by atoms with Crippen LogP contribution < -0.4 is 5.32 Å². The van der Waals surface area contributed by atoms with E-state index in [0.717, 1.165) is 36.1 Å². The molecule has 1 atom stereocenters. The first-order valence-corrected chi connectivity index (χ1v) is 7.91. The average molecular weight is 310 g/mol. The third-order valence-electron chi connectivity index (χ3n) is 4.33. The van der Waals surface area contributed by atoms with Crippen LogP contribution in [0.25, 0.3) is 11.1 Å². The van der Waals surface area contributed by atoms with Gasteiger partial charge in [-0.05, 0) is 38.3 Å². The Hall–Kier alpha value is -2.63. The van der Waals surface area contributed by atoms with Crippen molar-refractivity contribution in [3.63, 3.8) is 0 Å². The van der Waals surface area contributed by atoms with Gasteiger partial charge in [-0.1, -0.05) is 12.1 Å². The molecular weight excluding hydrogens is 292 g/mol. The molecule has 1 aliphatic rings. The van der Waals surface area contributed by atoms with Crippen LogP contribution >= 0.6 is 0 Å². The van der Waals surface area contributed by atoms with E-state index in [1.165, 1.54) is 0 Å². The molecule has 0 saturated heterocycles.